The highest BCUT2D eigenvalue weighted by molar-refractivity contribution is 7.80. The number of carbonyl (C=O) groups is 2. The van der Waals surface area contributed by atoms with E-state index < -0.39 is 0 Å². The molecule has 2 amide bonds. The van der Waals surface area contributed by atoms with Crippen molar-refractivity contribution < 1.29 is 9.59 Å². The van der Waals surface area contributed by atoms with Gasteiger partial charge in [0.2, 0.25) is 5.91 Å². The molecule has 0 bridgehead atoms. The van der Waals surface area contributed by atoms with Gasteiger partial charge >= 0.3 is 0 Å². The van der Waals surface area contributed by atoms with Gasteiger partial charge in [0.15, 0.2) is 0 Å². The number of aryl methyl sites for hydroxylation is 1. The molecule has 1 aromatic carbocycles. The lowest BCUT2D eigenvalue weighted by molar-refractivity contribution is -0.117. The Kier molecular flexibility index (Phi) is 4.14. The summed E-state index contributed by atoms with van der Waals surface area (Å²) >= 11 is 4.26. The molecule has 102 valence electrons. The van der Waals surface area contributed by atoms with Crippen molar-refractivity contribution in [3.63, 3.8) is 0 Å². The van der Waals surface area contributed by atoms with Gasteiger partial charge in [-0.25, -0.2) is 0 Å². The summed E-state index contributed by atoms with van der Waals surface area (Å²) in [4.78, 5) is 25.8. The topological polar surface area (TPSA) is 49.4 Å². The molecule has 1 aliphatic heterocycles. The Morgan fingerprint density at radius 1 is 1.53 bits per heavy atom. The normalized spacial score (nSPS) is 18.8. The van der Waals surface area contributed by atoms with Crippen LogP contribution in [0.2, 0.25) is 0 Å². The van der Waals surface area contributed by atoms with Crippen LogP contribution in [0.3, 0.4) is 0 Å². The van der Waals surface area contributed by atoms with Crippen molar-refractivity contribution in [3.8, 4) is 0 Å². The second-order valence-corrected chi connectivity index (χ2v) is 5.17. The summed E-state index contributed by atoms with van der Waals surface area (Å²) in [6.45, 7) is 2.56. The molecule has 0 radical (unpaired) electrons. The number of rotatable bonds is 3. The fourth-order valence-electron chi connectivity index (χ4n) is 2.46. The zero-order chi connectivity index (χ0) is 14.0. The minimum absolute atomic E-state index is 0.0681. The van der Waals surface area contributed by atoms with Gasteiger partial charge in [0, 0.05) is 20.0 Å². The number of nitrogens with one attached hydrogen (secondary N) is 1. The van der Waals surface area contributed by atoms with E-state index in [0.29, 0.717) is 24.3 Å². The van der Waals surface area contributed by atoms with Crippen LogP contribution in [-0.4, -0.2) is 31.2 Å². The predicted octanol–water partition coefficient (Wildman–Crippen LogP) is 1.64. The molecular weight excluding hydrogens is 260 g/mol. The molecule has 0 aliphatic carbocycles. The molecule has 1 aromatic rings. The van der Waals surface area contributed by atoms with Crippen LogP contribution >= 0.6 is 12.6 Å². The third-order valence-electron chi connectivity index (χ3n) is 3.44. The second-order valence-electron chi connectivity index (χ2n) is 4.81. The number of thiol groups is 1. The van der Waals surface area contributed by atoms with E-state index in [-0.39, 0.29) is 17.7 Å². The lowest BCUT2D eigenvalue weighted by atomic mass is 10.1. The summed E-state index contributed by atoms with van der Waals surface area (Å²) in [6.07, 6.45) is 0.505. The largest absolute Gasteiger partial charge is 0.355 e. The fraction of sp³-hybridized carbons (Fsp3) is 0.429. The molecule has 1 fully saturated rings. The Balaban J connectivity index is 2.44. The average molecular weight is 278 g/mol. The maximum Gasteiger partial charge on any atom is 0.253 e. The molecule has 1 N–H and O–H groups in total. The van der Waals surface area contributed by atoms with E-state index in [0.717, 1.165) is 11.3 Å². The molecule has 0 spiro atoms. The van der Waals surface area contributed by atoms with Crippen LogP contribution in [0, 0.1) is 12.8 Å². The third kappa shape index (κ3) is 2.61. The van der Waals surface area contributed by atoms with E-state index >= 15 is 0 Å². The van der Waals surface area contributed by atoms with Crippen molar-refractivity contribution in [2.75, 3.05) is 24.2 Å². The van der Waals surface area contributed by atoms with Gasteiger partial charge in [-0.15, -0.1) is 0 Å². The third-order valence-corrected chi connectivity index (χ3v) is 3.96. The number of benzene rings is 1. The van der Waals surface area contributed by atoms with Crippen LogP contribution < -0.4 is 10.2 Å². The molecule has 1 atom stereocenters. The molecule has 19 heavy (non-hydrogen) atoms. The number of hydrogen-bond acceptors (Lipinski definition) is 3. The molecular formula is C14H18N2O2S. The lowest BCUT2D eigenvalue weighted by Crippen LogP contribution is -2.29. The molecule has 0 saturated carbocycles. The van der Waals surface area contributed by atoms with Gasteiger partial charge in [0.25, 0.3) is 5.91 Å². The summed E-state index contributed by atoms with van der Waals surface area (Å²) in [5.41, 5.74) is 2.22. The van der Waals surface area contributed by atoms with Crippen LogP contribution in [0.1, 0.15) is 22.3 Å². The first kappa shape index (κ1) is 13.9. The fourth-order valence-corrected chi connectivity index (χ4v) is 2.70. The minimum atomic E-state index is -0.166. The van der Waals surface area contributed by atoms with Crippen LogP contribution in [0.5, 0.6) is 0 Å². The molecule has 1 saturated heterocycles. The summed E-state index contributed by atoms with van der Waals surface area (Å²) in [7, 11) is 1.59. The van der Waals surface area contributed by atoms with Crippen molar-refractivity contribution in [2.45, 2.75) is 13.3 Å². The summed E-state index contributed by atoms with van der Waals surface area (Å²) in [5, 5.41) is 2.62. The van der Waals surface area contributed by atoms with E-state index in [1.54, 1.807) is 18.0 Å². The maximum atomic E-state index is 12.1. The first-order chi connectivity index (χ1) is 9.08. The van der Waals surface area contributed by atoms with Crippen LogP contribution in [0.4, 0.5) is 5.69 Å². The van der Waals surface area contributed by atoms with Gasteiger partial charge in [-0.1, -0.05) is 12.1 Å². The molecule has 0 aromatic heterocycles. The lowest BCUT2D eigenvalue weighted by Gasteiger charge is -2.22. The Labute approximate surface area is 118 Å². The van der Waals surface area contributed by atoms with Crippen LogP contribution in [0.15, 0.2) is 18.2 Å². The Morgan fingerprint density at radius 3 is 2.84 bits per heavy atom. The number of anilines is 1. The first-order valence-electron chi connectivity index (χ1n) is 6.31. The summed E-state index contributed by atoms with van der Waals surface area (Å²) in [5.74, 6) is 0.843. The van der Waals surface area contributed by atoms with Crippen molar-refractivity contribution in [1.82, 2.24) is 5.32 Å². The minimum Gasteiger partial charge on any atom is -0.355 e. The quantitative estimate of drug-likeness (QED) is 0.826. The average Bonchev–Trinajstić information content (AvgIpc) is 2.78. The summed E-state index contributed by atoms with van der Waals surface area (Å²) in [6, 6.07) is 5.51. The molecule has 1 heterocycles. The van der Waals surface area contributed by atoms with Crippen LogP contribution in [0.25, 0.3) is 0 Å². The van der Waals surface area contributed by atoms with Gasteiger partial charge in [0.1, 0.15) is 0 Å². The summed E-state index contributed by atoms with van der Waals surface area (Å²) < 4.78 is 0. The second kappa shape index (κ2) is 5.65. The van der Waals surface area contributed by atoms with Crippen molar-refractivity contribution >= 4 is 30.1 Å². The molecule has 1 unspecified atom stereocenters. The number of para-hydroxylation sites is 1. The number of nitrogens with zero attached hydrogens (tertiary/aromatic N) is 1. The van der Waals surface area contributed by atoms with Crippen molar-refractivity contribution in [1.29, 1.82) is 0 Å². The van der Waals surface area contributed by atoms with E-state index in [1.807, 2.05) is 19.1 Å². The maximum absolute atomic E-state index is 12.1. The molecule has 2 rings (SSSR count). The first-order valence-corrected chi connectivity index (χ1v) is 6.94. The Bertz CT molecular complexity index is 516. The molecule has 1 aliphatic rings. The Hall–Kier alpha value is -1.49. The highest BCUT2D eigenvalue weighted by Crippen LogP contribution is 2.31. The zero-order valence-corrected chi connectivity index (χ0v) is 12.0. The monoisotopic (exact) mass is 278 g/mol. The highest BCUT2D eigenvalue weighted by Gasteiger charge is 2.32. The van der Waals surface area contributed by atoms with E-state index in [4.69, 9.17) is 0 Å². The van der Waals surface area contributed by atoms with E-state index in [9.17, 15) is 9.59 Å². The Morgan fingerprint density at radius 2 is 2.26 bits per heavy atom. The van der Waals surface area contributed by atoms with E-state index in [1.165, 1.54) is 0 Å². The standard InChI is InChI=1S/C14H18N2O2S/c1-9-4-3-5-11(14(18)15-2)13(9)16-7-10(8-19)6-12(16)17/h3-5,10,19H,6-8H2,1-2H3,(H,15,18). The van der Waals surface area contributed by atoms with Gasteiger partial charge < -0.3 is 10.2 Å². The van der Waals surface area contributed by atoms with Gasteiger partial charge in [-0.2, -0.15) is 12.6 Å². The van der Waals surface area contributed by atoms with Crippen molar-refractivity contribution in [2.24, 2.45) is 5.92 Å². The van der Waals surface area contributed by atoms with Crippen LogP contribution in [-0.2, 0) is 4.79 Å². The van der Waals surface area contributed by atoms with Gasteiger partial charge in [0.05, 0.1) is 11.3 Å². The smallest absolute Gasteiger partial charge is 0.253 e. The number of amides is 2. The number of hydrogen-bond donors (Lipinski definition) is 2. The number of carbonyl (C=O) groups excluding carboxylic acids is 2. The van der Waals surface area contributed by atoms with Gasteiger partial charge in [-0.05, 0) is 30.2 Å². The van der Waals surface area contributed by atoms with E-state index in [2.05, 4.69) is 17.9 Å². The molecule has 4 nitrogen and oxygen atoms in total. The van der Waals surface area contributed by atoms with Gasteiger partial charge in [-0.3, -0.25) is 9.59 Å². The molecule has 5 heteroatoms. The predicted molar refractivity (Wildman–Crippen MR) is 78.9 cm³/mol. The zero-order valence-electron chi connectivity index (χ0n) is 11.1. The highest BCUT2D eigenvalue weighted by atomic mass is 32.1. The SMILES string of the molecule is CNC(=O)c1cccc(C)c1N1CC(CS)CC1=O. The van der Waals surface area contributed by atoms with Crippen molar-refractivity contribution in [3.05, 3.63) is 29.3 Å².